The first-order chi connectivity index (χ1) is 12.2. The summed E-state index contributed by atoms with van der Waals surface area (Å²) in [6.07, 6.45) is 10.8. The lowest BCUT2D eigenvalue weighted by Crippen LogP contribution is -2.25. The van der Waals surface area contributed by atoms with Crippen molar-refractivity contribution in [3.63, 3.8) is 0 Å². The number of pyridine rings is 1. The van der Waals surface area contributed by atoms with Gasteiger partial charge in [-0.15, -0.1) is 0 Å². The lowest BCUT2D eigenvalue weighted by Gasteiger charge is -2.24. The molecule has 0 unspecified atom stereocenters. The maximum absolute atomic E-state index is 4.94. The fraction of sp³-hybridized carbons (Fsp3) is 0.368. The molecule has 0 bridgehead atoms. The van der Waals surface area contributed by atoms with E-state index in [1.807, 2.05) is 36.3 Å². The van der Waals surface area contributed by atoms with Crippen LogP contribution < -0.4 is 4.90 Å². The number of anilines is 1. The lowest BCUT2D eigenvalue weighted by atomic mass is 10.2. The molecule has 1 aliphatic rings. The van der Waals surface area contributed by atoms with Crippen LogP contribution in [0.1, 0.15) is 30.2 Å². The number of aromatic nitrogens is 5. The van der Waals surface area contributed by atoms with E-state index in [1.54, 1.807) is 6.20 Å². The van der Waals surface area contributed by atoms with E-state index in [9.17, 15) is 0 Å². The minimum absolute atomic E-state index is 0.772. The normalized spacial score (nSPS) is 13.0. The Bertz CT molecular complexity index is 871. The molecule has 6 nitrogen and oxygen atoms in total. The molecule has 0 saturated heterocycles. The van der Waals surface area contributed by atoms with Crippen molar-refractivity contribution in [2.75, 3.05) is 11.4 Å². The molecule has 6 heteroatoms. The number of nitrogens with zero attached hydrogens (tertiary/aromatic N) is 6. The molecular formula is C19H22N6. The van der Waals surface area contributed by atoms with Gasteiger partial charge in [0, 0.05) is 61.1 Å². The van der Waals surface area contributed by atoms with E-state index in [0.29, 0.717) is 0 Å². The lowest BCUT2D eigenvalue weighted by molar-refractivity contribution is 0.763. The van der Waals surface area contributed by atoms with E-state index in [2.05, 4.69) is 28.1 Å². The Hall–Kier alpha value is -2.76. The van der Waals surface area contributed by atoms with E-state index in [0.717, 1.165) is 49.6 Å². The van der Waals surface area contributed by atoms with Crippen LogP contribution in [0.5, 0.6) is 0 Å². The van der Waals surface area contributed by atoms with Gasteiger partial charge in [0.25, 0.3) is 0 Å². The molecule has 4 rings (SSSR count). The number of aryl methyl sites for hydroxylation is 2. The van der Waals surface area contributed by atoms with Crippen LogP contribution in [0.2, 0.25) is 0 Å². The van der Waals surface area contributed by atoms with E-state index in [1.165, 1.54) is 16.8 Å². The summed E-state index contributed by atoms with van der Waals surface area (Å²) >= 11 is 0. The van der Waals surface area contributed by atoms with Gasteiger partial charge in [0.05, 0.1) is 6.20 Å². The van der Waals surface area contributed by atoms with Crippen molar-refractivity contribution in [3.8, 4) is 11.4 Å². The zero-order chi connectivity index (χ0) is 17.2. The number of fused-ring (bicyclic) bond motifs is 1. The Morgan fingerprint density at radius 1 is 1.20 bits per heavy atom. The molecule has 3 aromatic rings. The summed E-state index contributed by atoms with van der Waals surface area (Å²) in [6, 6.07) is 3.95. The third-order valence-electron chi connectivity index (χ3n) is 4.64. The smallest absolute Gasteiger partial charge is 0.163 e. The fourth-order valence-corrected chi connectivity index (χ4v) is 3.41. The Kier molecular flexibility index (Phi) is 4.17. The zero-order valence-electron chi connectivity index (χ0n) is 14.7. The summed E-state index contributed by atoms with van der Waals surface area (Å²) in [6.45, 7) is 3.87. The predicted octanol–water partition coefficient (Wildman–Crippen LogP) is 2.79. The maximum atomic E-state index is 4.94. The van der Waals surface area contributed by atoms with Crippen molar-refractivity contribution in [3.05, 3.63) is 53.7 Å². The third kappa shape index (κ3) is 3.12. The van der Waals surface area contributed by atoms with Crippen LogP contribution in [-0.4, -0.2) is 31.3 Å². The average molecular weight is 334 g/mol. The van der Waals surface area contributed by atoms with Gasteiger partial charge in [-0.3, -0.25) is 9.67 Å². The maximum Gasteiger partial charge on any atom is 0.163 e. The molecule has 25 heavy (non-hydrogen) atoms. The second kappa shape index (κ2) is 6.63. The van der Waals surface area contributed by atoms with Gasteiger partial charge >= 0.3 is 0 Å². The van der Waals surface area contributed by atoms with Crippen molar-refractivity contribution in [1.29, 1.82) is 0 Å². The standard InChI is InChI=1S/C19H22N6/c1-3-25(13-14-10-21-24(2)12-14)19-16-7-4-8-17(16)22-18(23-19)15-6-5-9-20-11-15/h5-6,9-12H,3-4,7-8,13H2,1-2H3. The molecule has 0 spiro atoms. The highest BCUT2D eigenvalue weighted by molar-refractivity contribution is 5.60. The second-order valence-corrected chi connectivity index (χ2v) is 6.43. The SMILES string of the molecule is CCN(Cc1cnn(C)c1)c1nc(-c2cccnc2)nc2c1CCC2. The fourth-order valence-electron chi connectivity index (χ4n) is 3.41. The van der Waals surface area contributed by atoms with Gasteiger partial charge in [-0.05, 0) is 38.3 Å². The van der Waals surface area contributed by atoms with Crippen LogP contribution in [0.25, 0.3) is 11.4 Å². The quantitative estimate of drug-likeness (QED) is 0.718. The topological polar surface area (TPSA) is 59.7 Å². The van der Waals surface area contributed by atoms with Gasteiger partial charge in [-0.1, -0.05) is 0 Å². The third-order valence-corrected chi connectivity index (χ3v) is 4.64. The molecule has 0 aliphatic heterocycles. The van der Waals surface area contributed by atoms with Crippen LogP contribution in [-0.2, 0) is 26.4 Å². The summed E-state index contributed by atoms with van der Waals surface area (Å²) < 4.78 is 1.84. The molecule has 3 heterocycles. The van der Waals surface area contributed by atoms with Gasteiger partial charge < -0.3 is 4.90 Å². The van der Waals surface area contributed by atoms with Crippen LogP contribution in [0.4, 0.5) is 5.82 Å². The van der Waals surface area contributed by atoms with Crippen molar-refractivity contribution in [2.24, 2.45) is 7.05 Å². The van der Waals surface area contributed by atoms with Crippen molar-refractivity contribution in [2.45, 2.75) is 32.7 Å². The minimum Gasteiger partial charge on any atom is -0.352 e. The highest BCUT2D eigenvalue weighted by Crippen LogP contribution is 2.31. The highest BCUT2D eigenvalue weighted by Gasteiger charge is 2.23. The second-order valence-electron chi connectivity index (χ2n) is 6.43. The molecule has 1 aliphatic carbocycles. The Morgan fingerprint density at radius 2 is 2.12 bits per heavy atom. The summed E-state index contributed by atoms with van der Waals surface area (Å²) in [4.78, 5) is 16.3. The molecule has 0 atom stereocenters. The van der Waals surface area contributed by atoms with Crippen LogP contribution >= 0.6 is 0 Å². The van der Waals surface area contributed by atoms with Crippen molar-refractivity contribution >= 4 is 5.82 Å². The molecule has 0 radical (unpaired) electrons. The highest BCUT2D eigenvalue weighted by atomic mass is 15.3. The van der Waals surface area contributed by atoms with Crippen LogP contribution in [0, 0.1) is 0 Å². The van der Waals surface area contributed by atoms with E-state index in [-0.39, 0.29) is 0 Å². The number of hydrogen-bond donors (Lipinski definition) is 0. The molecule has 0 N–H and O–H groups in total. The first-order valence-electron chi connectivity index (χ1n) is 8.77. The van der Waals surface area contributed by atoms with E-state index < -0.39 is 0 Å². The summed E-state index contributed by atoms with van der Waals surface area (Å²) in [5.74, 6) is 1.83. The predicted molar refractivity (Wildman–Crippen MR) is 97.2 cm³/mol. The van der Waals surface area contributed by atoms with Gasteiger partial charge in [0.15, 0.2) is 5.82 Å². The minimum atomic E-state index is 0.772. The van der Waals surface area contributed by atoms with E-state index >= 15 is 0 Å². The monoisotopic (exact) mass is 334 g/mol. The molecular weight excluding hydrogens is 312 g/mol. The summed E-state index contributed by atoms with van der Waals surface area (Å²) in [5.41, 5.74) is 4.65. The van der Waals surface area contributed by atoms with Crippen LogP contribution in [0.3, 0.4) is 0 Å². The molecule has 0 fully saturated rings. The van der Waals surface area contributed by atoms with Crippen LogP contribution in [0.15, 0.2) is 36.9 Å². The summed E-state index contributed by atoms with van der Waals surface area (Å²) in [7, 11) is 1.95. The van der Waals surface area contributed by atoms with Crippen molar-refractivity contribution < 1.29 is 0 Å². The van der Waals surface area contributed by atoms with Gasteiger partial charge in [-0.25, -0.2) is 9.97 Å². The Morgan fingerprint density at radius 3 is 2.84 bits per heavy atom. The van der Waals surface area contributed by atoms with E-state index in [4.69, 9.17) is 9.97 Å². The summed E-state index contributed by atoms with van der Waals surface area (Å²) in [5, 5.41) is 4.28. The molecule has 0 aromatic carbocycles. The number of rotatable bonds is 5. The van der Waals surface area contributed by atoms with Crippen molar-refractivity contribution in [1.82, 2.24) is 24.7 Å². The van der Waals surface area contributed by atoms with Gasteiger partial charge in [0.2, 0.25) is 0 Å². The molecule has 128 valence electrons. The largest absolute Gasteiger partial charge is 0.352 e. The molecule has 0 saturated carbocycles. The first kappa shape index (κ1) is 15.7. The Labute approximate surface area is 147 Å². The molecule has 0 amide bonds. The Balaban J connectivity index is 1.75. The average Bonchev–Trinajstić information content (AvgIpc) is 3.28. The van der Waals surface area contributed by atoms with Gasteiger partial charge in [-0.2, -0.15) is 5.10 Å². The van der Waals surface area contributed by atoms with Gasteiger partial charge in [0.1, 0.15) is 5.82 Å². The number of hydrogen-bond acceptors (Lipinski definition) is 5. The zero-order valence-corrected chi connectivity index (χ0v) is 14.7. The first-order valence-corrected chi connectivity index (χ1v) is 8.77. The molecule has 3 aromatic heterocycles.